The molecular weight excluding hydrogens is 384 g/mol. The van der Waals surface area contributed by atoms with Crippen molar-refractivity contribution in [2.75, 3.05) is 13.2 Å². The number of aliphatic hydroxyl groups excluding tert-OH is 2. The summed E-state index contributed by atoms with van der Waals surface area (Å²) in [6.45, 7) is 5.73. The fourth-order valence-electron chi connectivity index (χ4n) is 2.41. The van der Waals surface area contributed by atoms with Crippen molar-refractivity contribution >= 4 is 23.7 Å². The second-order valence-electron chi connectivity index (χ2n) is 7.43. The molecule has 0 aromatic carbocycles. The number of carboxylic acid groups (broad SMARTS) is 1. The van der Waals surface area contributed by atoms with Gasteiger partial charge in [-0.1, -0.05) is 34.1 Å². The van der Waals surface area contributed by atoms with E-state index in [0.29, 0.717) is 6.42 Å². The Kier molecular flexibility index (Phi) is 12.1. The summed E-state index contributed by atoms with van der Waals surface area (Å²) in [6, 6.07) is -4.83. The summed E-state index contributed by atoms with van der Waals surface area (Å²) in [6.07, 6.45) is 0.941. The number of carbonyl (C=O) groups is 4. The van der Waals surface area contributed by atoms with Crippen LogP contribution in [0.2, 0.25) is 0 Å². The number of nitrogens with two attached hydrogens (primary N) is 1. The van der Waals surface area contributed by atoms with E-state index in [1.165, 1.54) is 0 Å². The lowest BCUT2D eigenvalue weighted by Crippen LogP contribution is -2.59. The number of nitrogens with one attached hydrogen (secondary N) is 3. The number of carbonyl (C=O) groups excluding carboxylic acids is 3. The molecule has 8 N–H and O–H groups in total. The van der Waals surface area contributed by atoms with Gasteiger partial charge in [0.1, 0.15) is 18.1 Å². The first-order valence-corrected chi connectivity index (χ1v) is 9.59. The van der Waals surface area contributed by atoms with Gasteiger partial charge in [-0.05, 0) is 18.3 Å². The molecule has 0 spiro atoms. The van der Waals surface area contributed by atoms with Gasteiger partial charge in [0.25, 0.3) is 0 Å². The molecule has 0 saturated heterocycles. The number of carboxylic acids is 1. The Morgan fingerprint density at radius 3 is 1.69 bits per heavy atom. The van der Waals surface area contributed by atoms with E-state index in [0.717, 1.165) is 0 Å². The molecular formula is C18H34N4O7. The lowest BCUT2D eigenvalue weighted by atomic mass is 9.97. The first kappa shape index (κ1) is 26.8. The minimum Gasteiger partial charge on any atom is -0.480 e. The van der Waals surface area contributed by atoms with Crippen molar-refractivity contribution in [3.8, 4) is 0 Å². The van der Waals surface area contributed by atoms with Crippen LogP contribution < -0.4 is 21.7 Å². The van der Waals surface area contributed by atoms with Crippen molar-refractivity contribution in [3.63, 3.8) is 0 Å². The summed E-state index contributed by atoms with van der Waals surface area (Å²) in [5.41, 5.74) is 5.90. The standard InChI is InChI=1S/C18H34N4O7/c1-5-10(4)14(19)17(27)20-11(6-9(2)3)15(25)21-12(7-23)16(26)22-13(8-24)18(28)29/h9-14,23-24H,5-8,19H2,1-4H3,(H,20,27)(H,21,25)(H,22,26)(H,28,29). The van der Waals surface area contributed by atoms with Crippen molar-refractivity contribution in [1.29, 1.82) is 0 Å². The Hall–Kier alpha value is -2.24. The first-order chi connectivity index (χ1) is 13.5. The highest BCUT2D eigenvalue weighted by atomic mass is 16.4. The molecule has 0 aromatic heterocycles. The van der Waals surface area contributed by atoms with Crippen LogP contribution in [0.5, 0.6) is 0 Å². The molecule has 5 unspecified atom stereocenters. The molecule has 0 bridgehead atoms. The molecule has 11 heteroatoms. The van der Waals surface area contributed by atoms with Crippen LogP contribution in [0.1, 0.15) is 40.5 Å². The highest BCUT2D eigenvalue weighted by Gasteiger charge is 2.30. The van der Waals surface area contributed by atoms with Crippen LogP contribution in [-0.2, 0) is 19.2 Å². The average Bonchev–Trinajstić information content (AvgIpc) is 2.67. The Morgan fingerprint density at radius 2 is 1.28 bits per heavy atom. The van der Waals surface area contributed by atoms with E-state index < -0.39 is 61.1 Å². The molecule has 0 rings (SSSR count). The SMILES string of the molecule is CCC(C)C(N)C(=O)NC(CC(C)C)C(=O)NC(CO)C(=O)NC(CO)C(=O)O. The third-order valence-corrected chi connectivity index (χ3v) is 4.51. The van der Waals surface area contributed by atoms with Crippen LogP contribution in [0.3, 0.4) is 0 Å². The lowest BCUT2D eigenvalue weighted by Gasteiger charge is -2.26. The summed E-state index contributed by atoms with van der Waals surface area (Å²) < 4.78 is 0. The topological polar surface area (TPSA) is 191 Å². The van der Waals surface area contributed by atoms with Gasteiger partial charge in [-0.2, -0.15) is 0 Å². The Balaban J connectivity index is 5.20. The molecule has 168 valence electrons. The fourth-order valence-corrected chi connectivity index (χ4v) is 2.41. The zero-order chi connectivity index (χ0) is 22.7. The maximum atomic E-state index is 12.6. The summed E-state index contributed by atoms with van der Waals surface area (Å²) >= 11 is 0. The predicted octanol–water partition coefficient (Wildman–Crippen LogP) is -2.07. The van der Waals surface area contributed by atoms with E-state index in [9.17, 15) is 24.3 Å². The second kappa shape index (κ2) is 13.1. The molecule has 5 atom stereocenters. The summed E-state index contributed by atoms with van der Waals surface area (Å²) in [5, 5.41) is 34.2. The smallest absolute Gasteiger partial charge is 0.328 e. The van der Waals surface area contributed by atoms with Gasteiger partial charge in [0, 0.05) is 0 Å². The summed E-state index contributed by atoms with van der Waals surface area (Å²) in [4.78, 5) is 48.0. The van der Waals surface area contributed by atoms with Gasteiger partial charge in [-0.15, -0.1) is 0 Å². The molecule has 0 fully saturated rings. The van der Waals surface area contributed by atoms with Crippen LogP contribution >= 0.6 is 0 Å². The molecule has 11 nitrogen and oxygen atoms in total. The Morgan fingerprint density at radius 1 is 0.828 bits per heavy atom. The third kappa shape index (κ3) is 9.20. The first-order valence-electron chi connectivity index (χ1n) is 9.59. The fraction of sp³-hybridized carbons (Fsp3) is 0.778. The van der Waals surface area contributed by atoms with Crippen LogP contribution in [0.4, 0.5) is 0 Å². The number of rotatable bonds is 13. The monoisotopic (exact) mass is 418 g/mol. The quantitative estimate of drug-likeness (QED) is 0.177. The molecule has 0 aromatic rings. The number of hydrogen-bond donors (Lipinski definition) is 7. The maximum absolute atomic E-state index is 12.6. The number of aliphatic carboxylic acids is 1. The van der Waals surface area contributed by atoms with E-state index in [-0.39, 0.29) is 18.3 Å². The highest BCUT2D eigenvalue weighted by Crippen LogP contribution is 2.09. The third-order valence-electron chi connectivity index (χ3n) is 4.51. The molecule has 3 amide bonds. The Labute approximate surface area is 170 Å². The molecule has 0 aliphatic rings. The molecule has 0 radical (unpaired) electrons. The molecule has 0 aliphatic heterocycles. The van der Waals surface area contributed by atoms with Crippen LogP contribution in [0, 0.1) is 11.8 Å². The average molecular weight is 418 g/mol. The summed E-state index contributed by atoms with van der Waals surface area (Å²) in [5.74, 6) is -3.73. The zero-order valence-corrected chi connectivity index (χ0v) is 17.3. The molecule has 0 aliphatic carbocycles. The minimum absolute atomic E-state index is 0.0260. The molecule has 0 saturated carbocycles. The summed E-state index contributed by atoms with van der Waals surface area (Å²) in [7, 11) is 0. The van der Waals surface area contributed by atoms with Crippen molar-refractivity contribution in [3.05, 3.63) is 0 Å². The normalized spacial score (nSPS) is 16.3. The largest absolute Gasteiger partial charge is 0.480 e. The number of hydrogen-bond acceptors (Lipinski definition) is 7. The van der Waals surface area contributed by atoms with E-state index in [2.05, 4.69) is 10.6 Å². The predicted molar refractivity (Wildman–Crippen MR) is 104 cm³/mol. The Bertz CT molecular complexity index is 570. The lowest BCUT2D eigenvalue weighted by molar-refractivity contribution is -0.143. The molecule has 0 heterocycles. The van der Waals surface area contributed by atoms with Gasteiger partial charge in [0.2, 0.25) is 17.7 Å². The van der Waals surface area contributed by atoms with Gasteiger partial charge < -0.3 is 37.0 Å². The number of aliphatic hydroxyl groups is 2. The highest BCUT2D eigenvalue weighted by molar-refractivity contribution is 5.94. The second-order valence-corrected chi connectivity index (χ2v) is 7.43. The van der Waals surface area contributed by atoms with Gasteiger partial charge in [0.05, 0.1) is 19.3 Å². The van der Waals surface area contributed by atoms with E-state index in [1.54, 1.807) is 0 Å². The van der Waals surface area contributed by atoms with Crippen molar-refractivity contribution in [1.82, 2.24) is 16.0 Å². The van der Waals surface area contributed by atoms with E-state index in [4.69, 9.17) is 15.9 Å². The van der Waals surface area contributed by atoms with Gasteiger partial charge in [-0.25, -0.2) is 4.79 Å². The van der Waals surface area contributed by atoms with Gasteiger partial charge >= 0.3 is 5.97 Å². The zero-order valence-electron chi connectivity index (χ0n) is 17.3. The van der Waals surface area contributed by atoms with Crippen LogP contribution in [0.15, 0.2) is 0 Å². The van der Waals surface area contributed by atoms with Crippen molar-refractivity contribution in [2.45, 2.75) is 64.7 Å². The number of amides is 3. The van der Waals surface area contributed by atoms with Gasteiger partial charge in [-0.3, -0.25) is 14.4 Å². The van der Waals surface area contributed by atoms with Crippen LogP contribution in [-0.4, -0.2) is 76.4 Å². The maximum Gasteiger partial charge on any atom is 0.328 e. The minimum atomic E-state index is -1.58. The van der Waals surface area contributed by atoms with Crippen molar-refractivity contribution in [2.24, 2.45) is 17.6 Å². The molecule has 29 heavy (non-hydrogen) atoms. The van der Waals surface area contributed by atoms with Gasteiger partial charge in [0.15, 0.2) is 0 Å². The van der Waals surface area contributed by atoms with E-state index in [1.807, 2.05) is 33.0 Å². The van der Waals surface area contributed by atoms with Crippen molar-refractivity contribution < 1.29 is 34.5 Å². The van der Waals surface area contributed by atoms with Crippen LogP contribution in [0.25, 0.3) is 0 Å². The van der Waals surface area contributed by atoms with E-state index >= 15 is 0 Å².